The van der Waals surface area contributed by atoms with E-state index in [0.29, 0.717) is 22.6 Å². The van der Waals surface area contributed by atoms with Crippen molar-refractivity contribution in [3.8, 4) is 6.07 Å². The molecule has 1 N–H and O–H groups in total. The van der Waals surface area contributed by atoms with E-state index in [4.69, 9.17) is 5.26 Å². The van der Waals surface area contributed by atoms with Crippen LogP contribution in [-0.4, -0.2) is 15.5 Å². The number of nitrogens with one attached hydrogen (secondary N) is 1. The van der Waals surface area contributed by atoms with Gasteiger partial charge in [0.05, 0.1) is 11.6 Å². The van der Waals surface area contributed by atoms with Gasteiger partial charge in [-0.15, -0.1) is 0 Å². The lowest BCUT2D eigenvalue weighted by Gasteiger charge is -2.17. The smallest absolute Gasteiger partial charge is 0.324 e. The number of aromatic nitrogens is 2. The summed E-state index contributed by atoms with van der Waals surface area (Å²) in [6, 6.07) is 9.61. The van der Waals surface area contributed by atoms with Crippen LogP contribution in [0.4, 0.5) is 5.69 Å². The predicted molar refractivity (Wildman–Crippen MR) is 82.5 cm³/mol. The molecule has 22 heavy (non-hydrogen) atoms. The second-order valence-corrected chi connectivity index (χ2v) is 5.05. The third kappa shape index (κ3) is 3.20. The van der Waals surface area contributed by atoms with Gasteiger partial charge < -0.3 is 5.32 Å². The number of rotatable bonds is 3. The van der Waals surface area contributed by atoms with Gasteiger partial charge >= 0.3 is 5.69 Å². The first-order valence-corrected chi connectivity index (χ1v) is 6.80. The van der Waals surface area contributed by atoms with Gasteiger partial charge in [0.15, 0.2) is 0 Å². The topological polar surface area (TPSA) is 87.8 Å². The molecule has 1 amide bonds. The summed E-state index contributed by atoms with van der Waals surface area (Å²) in [5.74, 6) is -0.319. The van der Waals surface area contributed by atoms with Gasteiger partial charge in [-0.3, -0.25) is 9.36 Å². The Labute approximate surface area is 128 Å². The number of benzene rings is 1. The first kappa shape index (κ1) is 15.4. The van der Waals surface area contributed by atoms with Crippen molar-refractivity contribution < 1.29 is 4.79 Å². The van der Waals surface area contributed by atoms with Crippen LogP contribution in [0, 0.1) is 25.2 Å². The third-order valence-electron chi connectivity index (χ3n) is 3.32. The van der Waals surface area contributed by atoms with Gasteiger partial charge in [-0.05, 0) is 51.1 Å². The SMILES string of the molecule is Cc1cc(C)n(C(C)C(=O)Nc2ccc(C#N)cc2)c(=O)n1. The molecule has 1 aromatic heterocycles. The normalized spacial score (nSPS) is 11.5. The highest BCUT2D eigenvalue weighted by Gasteiger charge is 2.18. The van der Waals surface area contributed by atoms with E-state index >= 15 is 0 Å². The second-order valence-electron chi connectivity index (χ2n) is 5.05. The van der Waals surface area contributed by atoms with Crippen molar-refractivity contribution in [1.82, 2.24) is 9.55 Å². The number of carbonyl (C=O) groups is 1. The maximum atomic E-state index is 12.3. The molecule has 0 saturated carbocycles. The van der Waals surface area contributed by atoms with Crippen LogP contribution in [0.15, 0.2) is 35.1 Å². The van der Waals surface area contributed by atoms with Gasteiger partial charge in [0.2, 0.25) is 5.91 Å². The van der Waals surface area contributed by atoms with E-state index in [1.165, 1.54) is 4.57 Å². The lowest BCUT2D eigenvalue weighted by molar-refractivity contribution is -0.118. The Kier molecular flexibility index (Phi) is 4.37. The minimum Gasteiger partial charge on any atom is -0.324 e. The number of aryl methyl sites for hydroxylation is 2. The van der Waals surface area contributed by atoms with Crippen LogP contribution in [0.3, 0.4) is 0 Å². The minimum atomic E-state index is -0.684. The summed E-state index contributed by atoms with van der Waals surface area (Å²) in [4.78, 5) is 28.1. The van der Waals surface area contributed by atoms with Gasteiger partial charge in [-0.2, -0.15) is 10.2 Å². The summed E-state index contributed by atoms with van der Waals surface area (Å²) in [6.07, 6.45) is 0. The van der Waals surface area contributed by atoms with Crippen LogP contribution in [0.25, 0.3) is 0 Å². The van der Waals surface area contributed by atoms with E-state index in [9.17, 15) is 9.59 Å². The van der Waals surface area contributed by atoms with Gasteiger partial charge in [0.25, 0.3) is 0 Å². The van der Waals surface area contributed by atoms with E-state index in [2.05, 4.69) is 10.3 Å². The van der Waals surface area contributed by atoms with Gasteiger partial charge in [-0.1, -0.05) is 0 Å². The summed E-state index contributed by atoms with van der Waals surface area (Å²) in [7, 11) is 0. The molecule has 0 spiro atoms. The first-order valence-electron chi connectivity index (χ1n) is 6.80. The lowest BCUT2D eigenvalue weighted by atomic mass is 10.2. The number of nitrogens with zero attached hydrogens (tertiary/aromatic N) is 3. The quantitative estimate of drug-likeness (QED) is 0.937. The fraction of sp³-hybridized carbons (Fsp3) is 0.250. The molecule has 1 atom stereocenters. The maximum absolute atomic E-state index is 12.3. The van der Waals surface area contributed by atoms with Crippen molar-refractivity contribution in [1.29, 1.82) is 5.26 Å². The zero-order valence-electron chi connectivity index (χ0n) is 12.6. The molecule has 0 fully saturated rings. The molecular formula is C16H16N4O2. The molecule has 0 radical (unpaired) electrons. The minimum absolute atomic E-state index is 0.319. The summed E-state index contributed by atoms with van der Waals surface area (Å²) in [6.45, 7) is 5.15. The van der Waals surface area contributed by atoms with E-state index in [0.717, 1.165) is 0 Å². The molecule has 112 valence electrons. The third-order valence-corrected chi connectivity index (χ3v) is 3.32. The summed E-state index contributed by atoms with van der Waals surface area (Å²) in [5, 5.41) is 11.5. The lowest BCUT2D eigenvalue weighted by Crippen LogP contribution is -2.34. The van der Waals surface area contributed by atoms with Gasteiger partial charge in [0.1, 0.15) is 6.04 Å². The van der Waals surface area contributed by atoms with E-state index in [-0.39, 0.29) is 5.91 Å². The zero-order chi connectivity index (χ0) is 16.3. The summed E-state index contributed by atoms with van der Waals surface area (Å²) in [5.41, 5.74) is 1.95. The number of anilines is 1. The Bertz CT molecular complexity index is 800. The molecule has 0 bridgehead atoms. The Morgan fingerprint density at radius 2 is 1.95 bits per heavy atom. The first-order chi connectivity index (χ1) is 10.4. The highest BCUT2D eigenvalue weighted by molar-refractivity contribution is 5.93. The predicted octanol–water partition coefficient (Wildman–Crippen LogP) is 1.93. The van der Waals surface area contributed by atoms with Crippen molar-refractivity contribution in [2.24, 2.45) is 0 Å². The van der Waals surface area contributed by atoms with Gasteiger partial charge in [-0.25, -0.2) is 4.79 Å². The van der Waals surface area contributed by atoms with Crippen molar-refractivity contribution >= 4 is 11.6 Å². The van der Waals surface area contributed by atoms with E-state index in [1.54, 1.807) is 51.1 Å². The second kappa shape index (κ2) is 6.22. The number of hydrogen-bond donors (Lipinski definition) is 1. The molecular weight excluding hydrogens is 280 g/mol. The van der Waals surface area contributed by atoms with Crippen molar-refractivity contribution in [3.63, 3.8) is 0 Å². The van der Waals surface area contributed by atoms with Crippen molar-refractivity contribution in [2.45, 2.75) is 26.8 Å². The Morgan fingerprint density at radius 1 is 1.32 bits per heavy atom. The number of carbonyl (C=O) groups excluding carboxylic acids is 1. The standard InChI is InChI=1S/C16H16N4O2/c1-10-8-11(2)20(16(22)18-10)12(3)15(21)19-14-6-4-13(9-17)5-7-14/h4-8,12H,1-3H3,(H,19,21). The molecule has 2 aromatic rings. The van der Waals surface area contributed by atoms with Crippen LogP contribution in [0.1, 0.15) is 29.9 Å². The fourth-order valence-electron chi connectivity index (χ4n) is 2.22. The molecule has 1 heterocycles. The summed E-state index contributed by atoms with van der Waals surface area (Å²) >= 11 is 0. The molecule has 0 aliphatic carbocycles. The van der Waals surface area contributed by atoms with E-state index in [1.807, 2.05) is 6.07 Å². The Morgan fingerprint density at radius 3 is 2.50 bits per heavy atom. The highest BCUT2D eigenvalue weighted by atomic mass is 16.2. The fourth-order valence-corrected chi connectivity index (χ4v) is 2.22. The molecule has 0 aliphatic heterocycles. The largest absolute Gasteiger partial charge is 0.348 e. The highest BCUT2D eigenvalue weighted by Crippen LogP contribution is 2.13. The van der Waals surface area contributed by atoms with Crippen LogP contribution in [-0.2, 0) is 4.79 Å². The number of amides is 1. The molecule has 6 heteroatoms. The van der Waals surface area contributed by atoms with Crippen LogP contribution >= 0.6 is 0 Å². The number of hydrogen-bond acceptors (Lipinski definition) is 4. The molecule has 6 nitrogen and oxygen atoms in total. The van der Waals surface area contributed by atoms with Crippen molar-refractivity contribution in [2.75, 3.05) is 5.32 Å². The molecule has 0 saturated heterocycles. The molecule has 1 aromatic carbocycles. The van der Waals surface area contributed by atoms with Crippen molar-refractivity contribution in [3.05, 3.63) is 57.8 Å². The maximum Gasteiger partial charge on any atom is 0.348 e. The zero-order valence-corrected chi connectivity index (χ0v) is 12.6. The summed E-state index contributed by atoms with van der Waals surface area (Å²) < 4.78 is 1.35. The van der Waals surface area contributed by atoms with Crippen LogP contribution in [0.2, 0.25) is 0 Å². The monoisotopic (exact) mass is 296 g/mol. The van der Waals surface area contributed by atoms with Crippen LogP contribution in [0.5, 0.6) is 0 Å². The Balaban J connectivity index is 2.22. The average Bonchev–Trinajstić information content (AvgIpc) is 2.46. The number of nitriles is 1. The Hall–Kier alpha value is -2.94. The average molecular weight is 296 g/mol. The molecule has 2 rings (SSSR count). The van der Waals surface area contributed by atoms with E-state index < -0.39 is 11.7 Å². The van der Waals surface area contributed by atoms with Gasteiger partial charge in [0, 0.05) is 17.1 Å². The molecule has 1 unspecified atom stereocenters. The molecule has 0 aliphatic rings. The van der Waals surface area contributed by atoms with Crippen LogP contribution < -0.4 is 11.0 Å².